The Kier molecular flexibility index (Phi) is 3.78. The van der Waals surface area contributed by atoms with Crippen LogP contribution >= 0.6 is 23.2 Å². The van der Waals surface area contributed by atoms with Crippen molar-refractivity contribution in [2.75, 3.05) is 31.2 Å². The number of hydrogen-bond acceptors (Lipinski definition) is 5. The Morgan fingerprint density at radius 1 is 1.25 bits per heavy atom. The zero-order valence-electron chi connectivity index (χ0n) is 8.86. The maximum Gasteiger partial charge on any atom is 0.231 e. The molecule has 1 aliphatic heterocycles. The second-order valence-electron chi connectivity index (χ2n) is 3.80. The molecule has 1 aromatic rings. The number of aromatic nitrogens is 3. The van der Waals surface area contributed by atoms with Crippen molar-refractivity contribution < 1.29 is 4.74 Å². The monoisotopic (exact) mass is 262 g/mol. The minimum absolute atomic E-state index is 0.118. The Labute approximate surface area is 104 Å². The summed E-state index contributed by atoms with van der Waals surface area (Å²) in [4.78, 5) is 13.9. The first-order valence-electron chi connectivity index (χ1n) is 5.05. The Balaban J connectivity index is 2.21. The van der Waals surface area contributed by atoms with Gasteiger partial charge in [0.05, 0.1) is 13.2 Å². The second-order valence-corrected chi connectivity index (χ2v) is 4.48. The van der Waals surface area contributed by atoms with Gasteiger partial charge in [0, 0.05) is 13.1 Å². The van der Waals surface area contributed by atoms with E-state index in [0.29, 0.717) is 18.5 Å². The van der Waals surface area contributed by atoms with Crippen molar-refractivity contribution in [3.8, 4) is 0 Å². The summed E-state index contributed by atoms with van der Waals surface area (Å²) in [6.45, 7) is 5.09. The molecule has 1 aliphatic rings. The van der Waals surface area contributed by atoms with Gasteiger partial charge < -0.3 is 9.64 Å². The van der Waals surface area contributed by atoms with E-state index in [9.17, 15) is 0 Å². The van der Waals surface area contributed by atoms with Gasteiger partial charge in [0.15, 0.2) is 0 Å². The van der Waals surface area contributed by atoms with Crippen LogP contribution in [0.5, 0.6) is 0 Å². The highest BCUT2D eigenvalue weighted by molar-refractivity contribution is 6.31. The summed E-state index contributed by atoms with van der Waals surface area (Å²) in [6.07, 6.45) is 0. The zero-order valence-corrected chi connectivity index (χ0v) is 10.4. The van der Waals surface area contributed by atoms with Gasteiger partial charge in [0.2, 0.25) is 16.5 Å². The number of halogens is 2. The summed E-state index contributed by atoms with van der Waals surface area (Å²) in [7, 11) is 0. The summed E-state index contributed by atoms with van der Waals surface area (Å²) in [5.74, 6) is 0.944. The highest BCUT2D eigenvalue weighted by Gasteiger charge is 2.18. The van der Waals surface area contributed by atoms with Crippen molar-refractivity contribution in [1.29, 1.82) is 0 Å². The molecule has 88 valence electrons. The molecule has 0 radical (unpaired) electrons. The van der Waals surface area contributed by atoms with Crippen LogP contribution in [0.15, 0.2) is 0 Å². The Hall–Kier alpha value is -0.650. The van der Waals surface area contributed by atoms with Crippen molar-refractivity contribution in [2.45, 2.75) is 6.92 Å². The first-order valence-corrected chi connectivity index (χ1v) is 5.80. The van der Waals surface area contributed by atoms with Crippen molar-refractivity contribution in [1.82, 2.24) is 15.0 Å². The van der Waals surface area contributed by atoms with E-state index in [1.807, 2.05) is 4.90 Å². The lowest BCUT2D eigenvalue weighted by molar-refractivity contribution is 0.129. The number of anilines is 1. The van der Waals surface area contributed by atoms with Crippen LogP contribution in [0.25, 0.3) is 0 Å². The van der Waals surface area contributed by atoms with Crippen molar-refractivity contribution >= 4 is 29.2 Å². The van der Waals surface area contributed by atoms with Gasteiger partial charge in [-0.25, -0.2) is 0 Å². The first kappa shape index (κ1) is 11.8. The number of nitrogens with zero attached hydrogens (tertiary/aromatic N) is 4. The average molecular weight is 263 g/mol. The quantitative estimate of drug-likeness (QED) is 0.771. The molecule has 7 heteroatoms. The molecule has 1 unspecified atom stereocenters. The van der Waals surface area contributed by atoms with Crippen LogP contribution in [0, 0.1) is 5.92 Å². The molecular weight excluding hydrogens is 251 g/mol. The number of ether oxygens (including phenoxy) is 1. The maximum atomic E-state index is 5.74. The average Bonchev–Trinajstić information content (AvgIpc) is 2.41. The molecule has 0 aliphatic carbocycles. The molecule has 1 atom stereocenters. The van der Waals surface area contributed by atoms with Crippen LogP contribution in [0.1, 0.15) is 6.92 Å². The molecule has 0 spiro atoms. The molecule has 16 heavy (non-hydrogen) atoms. The fourth-order valence-corrected chi connectivity index (χ4v) is 1.97. The van der Waals surface area contributed by atoms with Gasteiger partial charge in [-0.05, 0) is 29.1 Å². The van der Waals surface area contributed by atoms with Gasteiger partial charge in [0.25, 0.3) is 0 Å². The minimum Gasteiger partial charge on any atom is -0.379 e. The lowest BCUT2D eigenvalue weighted by Crippen LogP contribution is -2.30. The summed E-state index contributed by atoms with van der Waals surface area (Å²) < 4.78 is 5.44. The number of rotatable bonds is 1. The van der Waals surface area contributed by atoms with E-state index in [4.69, 9.17) is 27.9 Å². The fraction of sp³-hybridized carbons (Fsp3) is 0.667. The second kappa shape index (κ2) is 5.12. The van der Waals surface area contributed by atoms with E-state index >= 15 is 0 Å². The number of hydrogen-bond donors (Lipinski definition) is 0. The molecule has 1 saturated heterocycles. The third kappa shape index (κ3) is 2.93. The van der Waals surface area contributed by atoms with Crippen molar-refractivity contribution in [2.24, 2.45) is 5.92 Å². The zero-order chi connectivity index (χ0) is 11.5. The molecule has 2 heterocycles. The molecular formula is C9H12Cl2N4O. The Morgan fingerprint density at radius 2 is 1.94 bits per heavy atom. The predicted molar refractivity (Wildman–Crippen MR) is 62.0 cm³/mol. The van der Waals surface area contributed by atoms with Gasteiger partial charge in [-0.3, -0.25) is 0 Å². The maximum absolute atomic E-state index is 5.74. The van der Waals surface area contributed by atoms with Gasteiger partial charge in [0.1, 0.15) is 0 Å². The largest absolute Gasteiger partial charge is 0.379 e. The molecule has 0 amide bonds. The SMILES string of the molecule is CC1COCCN(c2nc(Cl)nc(Cl)n2)C1. The van der Waals surface area contributed by atoms with Crippen LogP contribution in [-0.2, 0) is 4.74 Å². The third-order valence-corrected chi connectivity index (χ3v) is 2.63. The van der Waals surface area contributed by atoms with E-state index in [-0.39, 0.29) is 10.6 Å². The predicted octanol–water partition coefficient (Wildman–Crippen LogP) is 1.65. The van der Waals surface area contributed by atoms with Crippen LogP contribution in [0.4, 0.5) is 5.95 Å². The lowest BCUT2D eigenvalue weighted by atomic mass is 10.2. The topological polar surface area (TPSA) is 51.1 Å². The highest BCUT2D eigenvalue weighted by Crippen LogP contribution is 2.16. The van der Waals surface area contributed by atoms with Crippen LogP contribution in [0.2, 0.25) is 10.6 Å². The normalized spacial score (nSPS) is 21.9. The summed E-state index contributed by atoms with van der Waals surface area (Å²) >= 11 is 11.5. The molecule has 0 saturated carbocycles. The molecule has 1 aromatic heterocycles. The third-order valence-electron chi connectivity index (χ3n) is 2.29. The molecule has 0 aromatic carbocycles. The first-order chi connectivity index (χ1) is 7.65. The molecule has 0 N–H and O–H groups in total. The minimum atomic E-state index is 0.118. The highest BCUT2D eigenvalue weighted by atomic mass is 35.5. The Morgan fingerprint density at radius 3 is 2.62 bits per heavy atom. The van der Waals surface area contributed by atoms with E-state index in [2.05, 4.69) is 21.9 Å². The Bertz CT molecular complexity index is 356. The fourth-order valence-electron chi connectivity index (χ4n) is 1.62. The smallest absolute Gasteiger partial charge is 0.231 e. The van der Waals surface area contributed by atoms with E-state index in [0.717, 1.165) is 19.7 Å². The molecule has 0 bridgehead atoms. The van der Waals surface area contributed by atoms with Gasteiger partial charge in [-0.1, -0.05) is 6.92 Å². The van der Waals surface area contributed by atoms with Crippen LogP contribution in [-0.4, -0.2) is 41.3 Å². The van der Waals surface area contributed by atoms with E-state index in [1.54, 1.807) is 0 Å². The summed E-state index contributed by atoms with van der Waals surface area (Å²) in [5.41, 5.74) is 0. The van der Waals surface area contributed by atoms with Crippen molar-refractivity contribution in [3.63, 3.8) is 0 Å². The van der Waals surface area contributed by atoms with Gasteiger partial charge >= 0.3 is 0 Å². The van der Waals surface area contributed by atoms with Crippen molar-refractivity contribution in [3.05, 3.63) is 10.6 Å². The van der Waals surface area contributed by atoms with Crippen LogP contribution in [0.3, 0.4) is 0 Å². The molecule has 2 rings (SSSR count). The van der Waals surface area contributed by atoms with Gasteiger partial charge in [-0.2, -0.15) is 15.0 Å². The molecule has 5 nitrogen and oxygen atoms in total. The van der Waals surface area contributed by atoms with Gasteiger partial charge in [-0.15, -0.1) is 0 Å². The lowest BCUT2D eigenvalue weighted by Gasteiger charge is -2.21. The van der Waals surface area contributed by atoms with E-state index < -0.39 is 0 Å². The molecule has 1 fully saturated rings. The standard InChI is InChI=1S/C9H12Cl2N4O/c1-6-4-15(2-3-16-5-6)9-13-7(10)12-8(11)14-9/h6H,2-5H2,1H3. The van der Waals surface area contributed by atoms with Crippen LogP contribution < -0.4 is 4.90 Å². The summed E-state index contributed by atoms with van der Waals surface area (Å²) in [5, 5.41) is 0.237. The van der Waals surface area contributed by atoms with E-state index in [1.165, 1.54) is 0 Å². The summed E-state index contributed by atoms with van der Waals surface area (Å²) in [6, 6.07) is 0.